The predicted molar refractivity (Wildman–Crippen MR) is 63.6 cm³/mol. The highest BCUT2D eigenvalue weighted by Gasteiger charge is 2.02. The summed E-state index contributed by atoms with van der Waals surface area (Å²) in [5, 5.41) is 21.1. The van der Waals surface area contributed by atoms with E-state index < -0.39 is 0 Å². The molecular formula is C11H13BrN2O. The molecular weight excluding hydrogens is 256 g/mol. The molecule has 0 aliphatic carbocycles. The first-order chi connectivity index (χ1) is 7.13. The Morgan fingerprint density at radius 1 is 1.60 bits per heavy atom. The van der Waals surface area contributed by atoms with Crippen molar-refractivity contribution in [3.8, 4) is 6.07 Å². The molecule has 0 aromatic heterocycles. The zero-order valence-electron chi connectivity index (χ0n) is 8.50. The molecule has 0 saturated heterocycles. The predicted octanol–water partition coefficient (Wildman–Crippen LogP) is 2.50. The van der Waals surface area contributed by atoms with Crippen molar-refractivity contribution in [2.45, 2.75) is 19.4 Å². The molecule has 0 radical (unpaired) electrons. The first-order valence-electron chi connectivity index (χ1n) is 4.75. The van der Waals surface area contributed by atoms with E-state index in [4.69, 9.17) is 10.4 Å². The summed E-state index contributed by atoms with van der Waals surface area (Å²) in [6, 6.07) is 7.62. The number of aliphatic hydroxyl groups is 1. The smallest absolute Gasteiger partial charge is 0.101 e. The molecule has 0 spiro atoms. The number of nitriles is 1. The van der Waals surface area contributed by atoms with Crippen LogP contribution in [0.1, 0.15) is 18.9 Å². The number of aliphatic hydroxyl groups excluding tert-OH is 1. The van der Waals surface area contributed by atoms with Gasteiger partial charge in [-0.25, -0.2) is 0 Å². The number of hydrogen-bond donors (Lipinski definition) is 2. The lowest BCUT2D eigenvalue weighted by Crippen LogP contribution is -2.10. The van der Waals surface area contributed by atoms with Crippen LogP contribution in [0.5, 0.6) is 0 Å². The van der Waals surface area contributed by atoms with Crippen molar-refractivity contribution in [2.24, 2.45) is 0 Å². The van der Waals surface area contributed by atoms with Crippen LogP contribution in [-0.4, -0.2) is 17.8 Å². The molecule has 0 bridgehead atoms. The second-order valence-corrected chi connectivity index (χ2v) is 4.28. The molecule has 15 heavy (non-hydrogen) atoms. The molecule has 2 N–H and O–H groups in total. The van der Waals surface area contributed by atoms with Crippen molar-refractivity contribution in [3.05, 3.63) is 28.2 Å². The van der Waals surface area contributed by atoms with Crippen LogP contribution in [0.3, 0.4) is 0 Å². The second kappa shape index (κ2) is 5.74. The number of hydrogen-bond acceptors (Lipinski definition) is 3. The molecule has 0 heterocycles. The van der Waals surface area contributed by atoms with Gasteiger partial charge in [0, 0.05) is 11.0 Å². The molecule has 1 aromatic rings. The number of halogens is 1. The minimum Gasteiger partial charge on any atom is -0.393 e. The largest absolute Gasteiger partial charge is 0.393 e. The minimum absolute atomic E-state index is 0.321. The van der Waals surface area contributed by atoms with Gasteiger partial charge in [0.1, 0.15) is 6.07 Å². The van der Waals surface area contributed by atoms with Gasteiger partial charge in [0.25, 0.3) is 0 Å². The number of rotatable bonds is 4. The normalized spacial score (nSPS) is 11.9. The van der Waals surface area contributed by atoms with Crippen molar-refractivity contribution in [2.75, 3.05) is 11.9 Å². The first-order valence-corrected chi connectivity index (χ1v) is 5.54. The molecule has 80 valence electrons. The fourth-order valence-electron chi connectivity index (χ4n) is 1.18. The zero-order valence-corrected chi connectivity index (χ0v) is 10.1. The Morgan fingerprint density at radius 3 is 2.93 bits per heavy atom. The molecule has 1 unspecified atom stereocenters. The van der Waals surface area contributed by atoms with E-state index in [1.54, 1.807) is 13.0 Å². The van der Waals surface area contributed by atoms with Gasteiger partial charge in [-0.2, -0.15) is 5.26 Å². The lowest BCUT2D eigenvalue weighted by molar-refractivity contribution is 0.189. The van der Waals surface area contributed by atoms with Gasteiger partial charge < -0.3 is 10.4 Å². The molecule has 1 aromatic carbocycles. The lowest BCUT2D eigenvalue weighted by Gasteiger charge is -2.09. The first kappa shape index (κ1) is 12.0. The van der Waals surface area contributed by atoms with Crippen molar-refractivity contribution >= 4 is 21.6 Å². The Morgan fingerprint density at radius 2 is 2.33 bits per heavy atom. The Bertz CT molecular complexity index is 371. The van der Waals surface area contributed by atoms with E-state index in [1.807, 2.05) is 12.1 Å². The van der Waals surface area contributed by atoms with Crippen LogP contribution >= 0.6 is 15.9 Å². The fourth-order valence-corrected chi connectivity index (χ4v) is 1.54. The van der Waals surface area contributed by atoms with Gasteiger partial charge in [-0.1, -0.05) is 15.9 Å². The molecule has 0 amide bonds. The van der Waals surface area contributed by atoms with Crippen LogP contribution < -0.4 is 5.32 Å². The maximum Gasteiger partial charge on any atom is 0.101 e. The van der Waals surface area contributed by atoms with Crippen LogP contribution in [0.2, 0.25) is 0 Å². The third-order valence-corrected chi connectivity index (χ3v) is 2.47. The minimum atomic E-state index is -0.321. The van der Waals surface area contributed by atoms with E-state index in [-0.39, 0.29) is 6.10 Å². The average molecular weight is 269 g/mol. The van der Waals surface area contributed by atoms with Gasteiger partial charge in [0.05, 0.1) is 17.4 Å². The molecule has 3 nitrogen and oxygen atoms in total. The SMILES string of the molecule is CC(O)CCNc1ccc(Br)cc1C#N. The Labute approximate surface area is 97.9 Å². The number of benzene rings is 1. The Kier molecular flexibility index (Phi) is 4.60. The molecule has 0 saturated carbocycles. The van der Waals surface area contributed by atoms with E-state index >= 15 is 0 Å². The van der Waals surface area contributed by atoms with Crippen molar-refractivity contribution < 1.29 is 5.11 Å². The van der Waals surface area contributed by atoms with Gasteiger partial charge in [-0.3, -0.25) is 0 Å². The standard InChI is InChI=1S/C11H13BrN2O/c1-8(15)4-5-14-11-3-2-10(12)6-9(11)7-13/h2-3,6,8,14-15H,4-5H2,1H3. The third-order valence-electron chi connectivity index (χ3n) is 1.98. The van der Waals surface area contributed by atoms with Gasteiger partial charge in [0.15, 0.2) is 0 Å². The topological polar surface area (TPSA) is 56.0 Å². The van der Waals surface area contributed by atoms with Gasteiger partial charge in [-0.15, -0.1) is 0 Å². The number of anilines is 1. The molecule has 0 fully saturated rings. The van der Waals surface area contributed by atoms with Crippen LogP contribution in [-0.2, 0) is 0 Å². The van der Waals surface area contributed by atoms with Crippen LogP contribution in [0.4, 0.5) is 5.69 Å². The zero-order chi connectivity index (χ0) is 11.3. The van der Waals surface area contributed by atoms with Gasteiger partial charge in [0.2, 0.25) is 0 Å². The van der Waals surface area contributed by atoms with Crippen molar-refractivity contribution in [1.82, 2.24) is 0 Å². The summed E-state index contributed by atoms with van der Waals surface area (Å²) < 4.78 is 0.889. The quantitative estimate of drug-likeness (QED) is 0.883. The summed E-state index contributed by atoms with van der Waals surface area (Å²) in [6.45, 7) is 2.41. The van der Waals surface area contributed by atoms with Crippen LogP contribution in [0.15, 0.2) is 22.7 Å². The van der Waals surface area contributed by atoms with Crippen molar-refractivity contribution in [1.29, 1.82) is 5.26 Å². The summed E-state index contributed by atoms with van der Waals surface area (Å²) >= 11 is 3.31. The monoisotopic (exact) mass is 268 g/mol. The third kappa shape index (κ3) is 3.90. The molecule has 0 aliphatic rings. The maximum atomic E-state index is 9.09. The second-order valence-electron chi connectivity index (χ2n) is 3.37. The van der Waals surface area contributed by atoms with E-state index in [0.717, 1.165) is 10.2 Å². The summed E-state index contributed by atoms with van der Waals surface area (Å²) in [5.41, 5.74) is 1.41. The van der Waals surface area contributed by atoms with E-state index in [0.29, 0.717) is 18.5 Å². The Hall–Kier alpha value is -1.05. The van der Waals surface area contributed by atoms with Crippen molar-refractivity contribution in [3.63, 3.8) is 0 Å². The van der Waals surface area contributed by atoms with Crippen LogP contribution in [0.25, 0.3) is 0 Å². The summed E-state index contributed by atoms with van der Waals surface area (Å²) in [7, 11) is 0. The van der Waals surface area contributed by atoms with Crippen LogP contribution in [0, 0.1) is 11.3 Å². The van der Waals surface area contributed by atoms with E-state index in [1.165, 1.54) is 0 Å². The highest BCUT2D eigenvalue weighted by atomic mass is 79.9. The number of nitrogens with zero attached hydrogens (tertiary/aromatic N) is 1. The highest BCUT2D eigenvalue weighted by molar-refractivity contribution is 9.10. The summed E-state index contributed by atoms with van der Waals surface area (Å²) in [4.78, 5) is 0. The molecule has 1 rings (SSSR count). The average Bonchev–Trinajstić information content (AvgIpc) is 2.19. The summed E-state index contributed by atoms with van der Waals surface area (Å²) in [5.74, 6) is 0. The summed E-state index contributed by atoms with van der Waals surface area (Å²) in [6.07, 6.45) is 0.347. The molecule has 0 aliphatic heterocycles. The highest BCUT2D eigenvalue weighted by Crippen LogP contribution is 2.20. The van der Waals surface area contributed by atoms with E-state index in [9.17, 15) is 0 Å². The maximum absolute atomic E-state index is 9.09. The van der Waals surface area contributed by atoms with Gasteiger partial charge in [-0.05, 0) is 31.5 Å². The molecule has 1 atom stereocenters. The number of nitrogens with one attached hydrogen (secondary N) is 1. The fraction of sp³-hybridized carbons (Fsp3) is 0.364. The Balaban J connectivity index is 2.65. The van der Waals surface area contributed by atoms with Gasteiger partial charge >= 0.3 is 0 Å². The van der Waals surface area contributed by atoms with E-state index in [2.05, 4.69) is 27.3 Å². The molecule has 4 heteroatoms. The lowest BCUT2D eigenvalue weighted by atomic mass is 10.2.